The first-order chi connectivity index (χ1) is 11.0. The number of nitrogens with zero attached hydrogens (tertiary/aromatic N) is 2. The number of aliphatic hydroxyl groups excluding tert-OH is 3. The van der Waals surface area contributed by atoms with E-state index in [1.807, 2.05) is 17.0 Å². The molecular weight excluding hydrogens is 299 g/mol. The lowest BCUT2D eigenvalue weighted by atomic mass is 9.94. The van der Waals surface area contributed by atoms with Crippen molar-refractivity contribution in [1.29, 1.82) is 0 Å². The summed E-state index contributed by atoms with van der Waals surface area (Å²) in [7, 11) is 0. The van der Waals surface area contributed by atoms with Crippen LogP contribution in [-0.2, 0) is 0 Å². The van der Waals surface area contributed by atoms with Crippen molar-refractivity contribution in [3.8, 4) is 0 Å². The van der Waals surface area contributed by atoms with E-state index in [-0.39, 0.29) is 5.82 Å². The van der Waals surface area contributed by atoms with Crippen LogP contribution in [0.5, 0.6) is 0 Å². The van der Waals surface area contributed by atoms with Crippen LogP contribution in [0.2, 0.25) is 0 Å². The molecule has 0 aliphatic carbocycles. The lowest BCUT2D eigenvalue weighted by Gasteiger charge is -2.41. The molecule has 0 radical (unpaired) electrons. The molecule has 3 N–H and O–H groups in total. The van der Waals surface area contributed by atoms with E-state index in [1.54, 1.807) is 6.07 Å². The quantitative estimate of drug-likeness (QED) is 0.753. The highest BCUT2D eigenvalue weighted by Crippen LogP contribution is 2.26. The minimum absolute atomic E-state index is 0.194. The van der Waals surface area contributed by atoms with Gasteiger partial charge in [-0.3, -0.25) is 4.90 Å². The number of halogens is 1. The fraction of sp³-hybridized carbons (Fsp3) is 0.647. The summed E-state index contributed by atoms with van der Waals surface area (Å²) in [6.07, 6.45) is -0.834. The summed E-state index contributed by atoms with van der Waals surface area (Å²) < 4.78 is 14.0. The van der Waals surface area contributed by atoms with E-state index in [1.165, 1.54) is 6.07 Å². The molecule has 3 atom stereocenters. The van der Waals surface area contributed by atoms with Gasteiger partial charge in [0.05, 0.1) is 17.9 Å². The van der Waals surface area contributed by atoms with Gasteiger partial charge in [0.15, 0.2) is 0 Å². The van der Waals surface area contributed by atoms with Gasteiger partial charge >= 0.3 is 0 Å². The first-order valence-corrected chi connectivity index (χ1v) is 8.30. The molecule has 0 aromatic heterocycles. The van der Waals surface area contributed by atoms with Crippen molar-refractivity contribution >= 4 is 5.69 Å². The summed E-state index contributed by atoms with van der Waals surface area (Å²) in [6.45, 7) is 3.10. The molecule has 3 rings (SSSR count). The number of β-amino-alcohol motifs (C(OH)–C–C–N with tert-alkyl or cyclic N) is 2. The van der Waals surface area contributed by atoms with Gasteiger partial charge in [-0.25, -0.2) is 4.39 Å². The van der Waals surface area contributed by atoms with Crippen LogP contribution in [0.15, 0.2) is 24.3 Å². The predicted octanol–water partition coefficient (Wildman–Crippen LogP) is 0.440. The molecule has 5 nitrogen and oxygen atoms in total. The molecule has 128 valence electrons. The first-order valence-electron chi connectivity index (χ1n) is 8.30. The third-order valence-corrected chi connectivity index (χ3v) is 4.91. The molecule has 2 saturated heterocycles. The van der Waals surface area contributed by atoms with E-state index in [4.69, 9.17) is 0 Å². The second kappa shape index (κ2) is 7.13. The van der Waals surface area contributed by atoms with Crippen LogP contribution in [-0.4, -0.2) is 71.3 Å². The van der Waals surface area contributed by atoms with Crippen molar-refractivity contribution in [3.63, 3.8) is 0 Å². The zero-order chi connectivity index (χ0) is 16.4. The maximum absolute atomic E-state index is 14.0. The minimum Gasteiger partial charge on any atom is -0.389 e. The molecule has 6 heteroatoms. The zero-order valence-electron chi connectivity index (χ0n) is 13.2. The van der Waals surface area contributed by atoms with Gasteiger partial charge in [0.2, 0.25) is 0 Å². The van der Waals surface area contributed by atoms with Crippen molar-refractivity contribution in [2.75, 3.05) is 37.6 Å². The Bertz CT molecular complexity index is 518. The van der Waals surface area contributed by atoms with Crippen molar-refractivity contribution in [3.05, 3.63) is 30.1 Å². The Hall–Kier alpha value is -1.21. The van der Waals surface area contributed by atoms with Gasteiger partial charge in [-0.05, 0) is 30.9 Å². The Morgan fingerprint density at radius 3 is 2.43 bits per heavy atom. The topological polar surface area (TPSA) is 67.2 Å². The van der Waals surface area contributed by atoms with Gasteiger partial charge in [-0.1, -0.05) is 12.1 Å². The summed E-state index contributed by atoms with van der Waals surface area (Å²) in [4.78, 5) is 4.08. The molecule has 1 aromatic rings. The lowest BCUT2D eigenvalue weighted by molar-refractivity contribution is -0.112. The van der Waals surface area contributed by atoms with Crippen molar-refractivity contribution < 1.29 is 19.7 Å². The highest BCUT2D eigenvalue weighted by atomic mass is 19.1. The number of aliphatic hydroxyl groups is 3. The van der Waals surface area contributed by atoms with Crippen LogP contribution in [0.4, 0.5) is 10.1 Å². The normalized spacial score (nSPS) is 33.0. The molecule has 2 fully saturated rings. The van der Waals surface area contributed by atoms with Gasteiger partial charge < -0.3 is 20.2 Å². The van der Waals surface area contributed by atoms with Crippen LogP contribution in [0.25, 0.3) is 0 Å². The maximum atomic E-state index is 14.0. The molecule has 2 aliphatic rings. The van der Waals surface area contributed by atoms with Crippen molar-refractivity contribution in [2.24, 2.45) is 5.92 Å². The Balaban J connectivity index is 1.60. The standard InChI is InChI=1S/C17H25FN2O3/c18-13-5-1-2-6-14(13)20-7-3-4-12(9-20)8-19-10-15(21)17(23)16(22)11-19/h1-2,5-6,12,15-17,21-23H,3-4,7-11H2/t12-,15?,16?,17?/m1/s1. The summed E-state index contributed by atoms with van der Waals surface area (Å²) in [5, 5.41) is 29.2. The average Bonchev–Trinajstić information content (AvgIpc) is 2.53. The molecule has 0 amide bonds. The minimum atomic E-state index is -1.06. The Labute approximate surface area is 136 Å². The number of likely N-dealkylation sites (tertiary alicyclic amines) is 1. The molecule has 23 heavy (non-hydrogen) atoms. The van der Waals surface area contributed by atoms with Gasteiger partial charge in [0.25, 0.3) is 0 Å². The van der Waals surface area contributed by atoms with Crippen molar-refractivity contribution in [2.45, 2.75) is 31.2 Å². The maximum Gasteiger partial charge on any atom is 0.146 e. The van der Waals surface area contributed by atoms with E-state index in [2.05, 4.69) is 4.90 Å². The van der Waals surface area contributed by atoms with E-state index in [0.717, 1.165) is 32.5 Å². The van der Waals surface area contributed by atoms with Gasteiger partial charge in [0, 0.05) is 32.7 Å². The summed E-state index contributed by atoms with van der Waals surface area (Å²) in [5.41, 5.74) is 0.645. The van der Waals surface area contributed by atoms with Gasteiger partial charge in [-0.15, -0.1) is 0 Å². The van der Waals surface area contributed by atoms with Crippen LogP contribution >= 0.6 is 0 Å². The molecule has 1 aromatic carbocycles. The fourth-order valence-corrected chi connectivity index (χ4v) is 3.73. The number of benzene rings is 1. The number of hydrogen-bond donors (Lipinski definition) is 3. The molecule has 0 spiro atoms. The third-order valence-electron chi connectivity index (χ3n) is 4.91. The van der Waals surface area contributed by atoms with E-state index in [9.17, 15) is 19.7 Å². The lowest BCUT2D eigenvalue weighted by Crippen LogP contribution is -2.56. The molecule has 2 aliphatic heterocycles. The number of rotatable bonds is 3. The highest BCUT2D eigenvalue weighted by Gasteiger charge is 2.34. The van der Waals surface area contributed by atoms with Crippen LogP contribution in [0.3, 0.4) is 0 Å². The Kier molecular flexibility index (Phi) is 5.16. The van der Waals surface area contributed by atoms with Crippen LogP contribution in [0, 0.1) is 11.7 Å². The molecule has 0 bridgehead atoms. The monoisotopic (exact) mass is 324 g/mol. The smallest absolute Gasteiger partial charge is 0.146 e. The highest BCUT2D eigenvalue weighted by molar-refractivity contribution is 5.47. The Morgan fingerprint density at radius 1 is 1.04 bits per heavy atom. The molecule has 0 saturated carbocycles. The third kappa shape index (κ3) is 3.83. The number of hydrogen-bond acceptors (Lipinski definition) is 5. The summed E-state index contributed by atoms with van der Waals surface area (Å²) in [6, 6.07) is 6.84. The second-order valence-electron chi connectivity index (χ2n) is 6.75. The van der Waals surface area contributed by atoms with E-state index < -0.39 is 18.3 Å². The van der Waals surface area contributed by atoms with E-state index in [0.29, 0.717) is 24.7 Å². The van der Waals surface area contributed by atoms with Crippen LogP contribution < -0.4 is 4.90 Å². The first kappa shape index (κ1) is 16.6. The number of anilines is 1. The molecular formula is C17H25FN2O3. The Morgan fingerprint density at radius 2 is 1.74 bits per heavy atom. The van der Waals surface area contributed by atoms with Gasteiger partial charge in [-0.2, -0.15) is 0 Å². The molecule has 2 unspecified atom stereocenters. The SMILES string of the molecule is OC1CN(C[C@H]2CCCN(c3ccccc3F)C2)CC(O)C1O. The van der Waals surface area contributed by atoms with Crippen LogP contribution in [0.1, 0.15) is 12.8 Å². The average molecular weight is 324 g/mol. The fourth-order valence-electron chi connectivity index (χ4n) is 3.73. The predicted molar refractivity (Wildman–Crippen MR) is 85.8 cm³/mol. The molecule has 2 heterocycles. The number of para-hydroxylation sites is 1. The summed E-state index contributed by atoms with van der Waals surface area (Å²) >= 11 is 0. The van der Waals surface area contributed by atoms with E-state index >= 15 is 0 Å². The van der Waals surface area contributed by atoms with Crippen molar-refractivity contribution in [1.82, 2.24) is 4.90 Å². The number of piperidine rings is 2. The second-order valence-corrected chi connectivity index (χ2v) is 6.75. The zero-order valence-corrected chi connectivity index (χ0v) is 13.2. The van der Waals surface area contributed by atoms with Gasteiger partial charge in [0.1, 0.15) is 11.9 Å². The summed E-state index contributed by atoms with van der Waals surface area (Å²) in [5.74, 6) is 0.165. The largest absolute Gasteiger partial charge is 0.389 e.